The van der Waals surface area contributed by atoms with Crippen molar-refractivity contribution in [3.63, 3.8) is 0 Å². The van der Waals surface area contributed by atoms with Gasteiger partial charge in [-0.3, -0.25) is 9.69 Å². The van der Waals surface area contributed by atoms with Crippen LogP contribution in [0.1, 0.15) is 53.5 Å². The van der Waals surface area contributed by atoms with Crippen molar-refractivity contribution in [2.75, 3.05) is 11.5 Å². The quantitative estimate of drug-likeness (QED) is 0.682. The van der Waals surface area contributed by atoms with E-state index in [0.717, 1.165) is 31.2 Å². The highest BCUT2D eigenvalue weighted by Gasteiger charge is 2.31. The fourth-order valence-corrected chi connectivity index (χ4v) is 4.25. The largest absolute Gasteiger partial charge is 0.462 e. The molecule has 27 heavy (non-hydrogen) atoms. The molecule has 1 aromatic carbocycles. The summed E-state index contributed by atoms with van der Waals surface area (Å²) in [5.74, 6) is -0.752. The normalized spacial score (nSPS) is 14.3. The molecule has 0 spiro atoms. The topological polar surface area (TPSA) is 59.5 Å². The first-order valence-electron chi connectivity index (χ1n) is 9.20. The van der Waals surface area contributed by atoms with Crippen LogP contribution >= 0.6 is 11.3 Å². The maximum Gasteiger partial charge on any atom is 0.350 e. The third-order valence-corrected chi connectivity index (χ3v) is 5.86. The maximum absolute atomic E-state index is 13.2. The minimum absolute atomic E-state index is 0.0148. The zero-order valence-electron chi connectivity index (χ0n) is 15.5. The fraction of sp³-hybridized carbons (Fsp3) is 0.450. The molecule has 0 bridgehead atoms. The molecule has 0 atom stereocenters. The van der Waals surface area contributed by atoms with Gasteiger partial charge in [-0.15, -0.1) is 0 Å². The van der Waals surface area contributed by atoms with Gasteiger partial charge in [-0.2, -0.15) is 0 Å². The van der Waals surface area contributed by atoms with Crippen LogP contribution in [0.2, 0.25) is 0 Å². The van der Waals surface area contributed by atoms with Gasteiger partial charge in [0, 0.05) is 5.92 Å². The number of anilines is 1. The van der Waals surface area contributed by atoms with Gasteiger partial charge in [0.15, 0.2) is 5.13 Å². The van der Waals surface area contributed by atoms with Crippen LogP contribution in [-0.2, 0) is 16.1 Å². The van der Waals surface area contributed by atoms with Crippen molar-refractivity contribution in [2.24, 2.45) is 5.92 Å². The van der Waals surface area contributed by atoms with Gasteiger partial charge in [0.1, 0.15) is 10.7 Å². The molecule has 144 valence electrons. The van der Waals surface area contributed by atoms with Crippen LogP contribution in [0.5, 0.6) is 0 Å². The summed E-state index contributed by atoms with van der Waals surface area (Å²) in [5.41, 5.74) is 1.37. The lowest BCUT2D eigenvalue weighted by Crippen LogP contribution is -2.34. The number of benzene rings is 1. The van der Waals surface area contributed by atoms with E-state index in [0.29, 0.717) is 22.2 Å². The first-order chi connectivity index (χ1) is 13.0. The predicted octanol–water partition coefficient (Wildman–Crippen LogP) is 4.49. The van der Waals surface area contributed by atoms with Crippen LogP contribution in [0.25, 0.3) is 0 Å². The SMILES string of the molecule is CCOC(=O)c1sc(N(Cc2ccc(F)cc2)C(=O)C2CCCC2)nc1C. The van der Waals surface area contributed by atoms with Crippen molar-refractivity contribution < 1.29 is 18.7 Å². The van der Waals surface area contributed by atoms with E-state index in [1.165, 1.54) is 23.5 Å². The molecular weight excluding hydrogens is 367 g/mol. The summed E-state index contributed by atoms with van der Waals surface area (Å²) in [6.07, 6.45) is 3.83. The van der Waals surface area contributed by atoms with E-state index < -0.39 is 5.97 Å². The van der Waals surface area contributed by atoms with E-state index in [4.69, 9.17) is 4.74 Å². The van der Waals surface area contributed by atoms with Gasteiger partial charge in [0.05, 0.1) is 18.8 Å². The molecule has 1 saturated carbocycles. The Morgan fingerprint density at radius 1 is 1.26 bits per heavy atom. The van der Waals surface area contributed by atoms with Crippen LogP contribution in [0.4, 0.5) is 9.52 Å². The van der Waals surface area contributed by atoms with E-state index in [-0.39, 0.29) is 24.2 Å². The molecule has 1 aromatic heterocycles. The average molecular weight is 390 g/mol. The Morgan fingerprint density at radius 3 is 2.56 bits per heavy atom. The molecule has 1 amide bonds. The van der Waals surface area contributed by atoms with Crippen LogP contribution in [0.15, 0.2) is 24.3 Å². The fourth-order valence-electron chi connectivity index (χ4n) is 3.29. The Morgan fingerprint density at radius 2 is 1.93 bits per heavy atom. The Bertz CT molecular complexity index is 813. The van der Waals surface area contributed by atoms with Crippen molar-refractivity contribution >= 4 is 28.3 Å². The molecule has 0 N–H and O–H groups in total. The third-order valence-electron chi connectivity index (χ3n) is 4.70. The number of carbonyl (C=O) groups is 2. The zero-order chi connectivity index (χ0) is 19.4. The van der Waals surface area contributed by atoms with Crippen LogP contribution in [0, 0.1) is 18.7 Å². The molecule has 0 aliphatic heterocycles. The summed E-state index contributed by atoms with van der Waals surface area (Å²) >= 11 is 1.17. The molecule has 1 heterocycles. The summed E-state index contributed by atoms with van der Waals surface area (Å²) in [6.45, 7) is 4.07. The van der Waals surface area contributed by atoms with Gasteiger partial charge >= 0.3 is 5.97 Å². The van der Waals surface area contributed by atoms with Gasteiger partial charge in [0.25, 0.3) is 0 Å². The van der Waals surface area contributed by atoms with Gasteiger partial charge in [-0.05, 0) is 44.4 Å². The summed E-state index contributed by atoms with van der Waals surface area (Å²) in [4.78, 5) is 31.8. The Balaban J connectivity index is 1.91. The standard InChI is InChI=1S/C20H23FN2O3S/c1-3-26-19(25)17-13(2)22-20(27-17)23(18(24)15-6-4-5-7-15)12-14-8-10-16(21)11-9-14/h8-11,15H,3-7,12H2,1-2H3. The molecule has 0 radical (unpaired) electrons. The smallest absolute Gasteiger partial charge is 0.350 e. The second-order valence-corrected chi connectivity index (χ2v) is 7.64. The van der Waals surface area contributed by atoms with Crippen molar-refractivity contribution in [3.05, 3.63) is 46.2 Å². The Kier molecular flexibility index (Phi) is 6.21. The summed E-state index contributed by atoms with van der Waals surface area (Å²) in [7, 11) is 0. The maximum atomic E-state index is 13.2. The molecule has 1 aliphatic carbocycles. The van der Waals surface area contributed by atoms with Crippen molar-refractivity contribution in [1.82, 2.24) is 4.98 Å². The van der Waals surface area contributed by atoms with Gasteiger partial charge in [-0.25, -0.2) is 14.2 Å². The first kappa shape index (κ1) is 19.5. The number of esters is 1. The van der Waals surface area contributed by atoms with Crippen LogP contribution < -0.4 is 4.90 Å². The highest BCUT2D eigenvalue weighted by molar-refractivity contribution is 7.17. The molecular formula is C20H23FN2O3S. The number of amides is 1. The molecule has 7 heteroatoms. The van der Waals surface area contributed by atoms with Gasteiger partial charge < -0.3 is 4.74 Å². The Hall–Kier alpha value is -2.28. The molecule has 3 rings (SSSR count). The molecule has 1 fully saturated rings. The van der Waals surface area contributed by atoms with Crippen molar-refractivity contribution in [2.45, 2.75) is 46.1 Å². The van der Waals surface area contributed by atoms with E-state index in [2.05, 4.69) is 4.98 Å². The number of aromatic nitrogens is 1. The van der Waals surface area contributed by atoms with E-state index in [9.17, 15) is 14.0 Å². The van der Waals surface area contributed by atoms with Gasteiger partial charge in [-0.1, -0.05) is 36.3 Å². The number of hydrogen-bond donors (Lipinski definition) is 0. The second-order valence-electron chi connectivity index (χ2n) is 6.66. The third kappa shape index (κ3) is 4.53. The van der Waals surface area contributed by atoms with Crippen molar-refractivity contribution in [1.29, 1.82) is 0 Å². The van der Waals surface area contributed by atoms with E-state index in [1.807, 2.05) is 0 Å². The lowest BCUT2D eigenvalue weighted by Gasteiger charge is -2.23. The van der Waals surface area contributed by atoms with Crippen LogP contribution in [-0.4, -0.2) is 23.5 Å². The number of nitrogens with zero attached hydrogens (tertiary/aromatic N) is 2. The molecule has 0 saturated heterocycles. The van der Waals surface area contributed by atoms with Crippen molar-refractivity contribution in [3.8, 4) is 0 Å². The number of rotatable bonds is 6. The number of halogens is 1. The summed E-state index contributed by atoms with van der Waals surface area (Å²) in [5, 5.41) is 0.483. The molecule has 5 nitrogen and oxygen atoms in total. The lowest BCUT2D eigenvalue weighted by atomic mass is 10.1. The average Bonchev–Trinajstić information content (AvgIpc) is 3.31. The minimum Gasteiger partial charge on any atom is -0.462 e. The summed E-state index contributed by atoms with van der Waals surface area (Å²) < 4.78 is 18.3. The number of aryl methyl sites for hydroxylation is 1. The van der Waals surface area contributed by atoms with Crippen LogP contribution in [0.3, 0.4) is 0 Å². The van der Waals surface area contributed by atoms with E-state index >= 15 is 0 Å². The van der Waals surface area contributed by atoms with Gasteiger partial charge in [0.2, 0.25) is 5.91 Å². The Labute approximate surface area is 162 Å². The highest BCUT2D eigenvalue weighted by Crippen LogP contribution is 2.33. The minimum atomic E-state index is -0.422. The second kappa shape index (κ2) is 8.61. The van der Waals surface area contributed by atoms with E-state index in [1.54, 1.807) is 30.9 Å². The number of ether oxygens (including phenoxy) is 1. The monoisotopic (exact) mass is 390 g/mol. The highest BCUT2D eigenvalue weighted by atomic mass is 32.1. The molecule has 0 unspecified atom stereocenters. The number of hydrogen-bond acceptors (Lipinski definition) is 5. The zero-order valence-corrected chi connectivity index (χ0v) is 16.4. The molecule has 1 aliphatic rings. The summed E-state index contributed by atoms with van der Waals surface area (Å²) in [6, 6.07) is 6.09. The molecule has 2 aromatic rings. The first-order valence-corrected chi connectivity index (χ1v) is 10.0. The number of thiazole rings is 1. The lowest BCUT2D eigenvalue weighted by molar-refractivity contribution is -0.122. The number of carbonyl (C=O) groups excluding carboxylic acids is 2. The predicted molar refractivity (Wildman–Crippen MR) is 102 cm³/mol.